The third kappa shape index (κ3) is 3.64. The van der Waals surface area contributed by atoms with Gasteiger partial charge < -0.3 is 15.6 Å². The highest BCUT2D eigenvalue weighted by Gasteiger charge is 2.29. The first-order valence-electron chi connectivity index (χ1n) is 5.48. The smallest absolute Gasteiger partial charge is 0.304 e. The number of anilines is 1. The number of nitrogens with zero attached hydrogens (tertiary/aromatic N) is 2. The SMILES string of the molecule is COCCN(CCO)S(=O)(=O)c1cc([N+](=O)[O-])c(N)s1. The Labute approximate surface area is 119 Å². The van der Waals surface area contributed by atoms with Crippen molar-refractivity contribution in [1.29, 1.82) is 0 Å². The highest BCUT2D eigenvalue weighted by atomic mass is 32.2. The highest BCUT2D eigenvalue weighted by molar-refractivity contribution is 7.91. The van der Waals surface area contributed by atoms with E-state index < -0.39 is 20.6 Å². The molecule has 0 aliphatic carbocycles. The molecule has 3 N–H and O–H groups in total. The number of hydrogen-bond acceptors (Lipinski definition) is 8. The Hall–Kier alpha value is -1.27. The van der Waals surface area contributed by atoms with E-state index in [1.54, 1.807) is 0 Å². The monoisotopic (exact) mass is 325 g/mol. The van der Waals surface area contributed by atoms with Crippen LogP contribution in [0.3, 0.4) is 0 Å². The van der Waals surface area contributed by atoms with E-state index in [1.807, 2.05) is 0 Å². The number of thiophene rings is 1. The van der Waals surface area contributed by atoms with Gasteiger partial charge in [-0.05, 0) is 0 Å². The number of aliphatic hydroxyl groups is 1. The Bertz CT molecular complexity index is 570. The molecule has 0 aromatic carbocycles. The second-order valence-corrected chi connectivity index (χ2v) is 6.94. The van der Waals surface area contributed by atoms with Crippen LogP contribution in [-0.4, -0.2) is 56.2 Å². The maximum absolute atomic E-state index is 12.3. The molecule has 0 fully saturated rings. The summed E-state index contributed by atoms with van der Waals surface area (Å²) in [6.45, 7) is -0.323. The van der Waals surface area contributed by atoms with Gasteiger partial charge in [0, 0.05) is 26.3 Å². The first-order chi connectivity index (χ1) is 9.34. The molecule has 1 heterocycles. The molecule has 1 rings (SSSR count). The minimum absolute atomic E-state index is 0.0327. The number of ether oxygens (including phenoxy) is 1. The summed E-state index contributed by atoms with van der Waals surface area (Å²) in [5.41, 5.74) is 4.99. The van der Waals surface area contributed by atoms with Crippen LogP contribution in [0.5, 0.6) is 0 Å². The van der Waals surface area contributed by atoms with Gasteiger partial charge in [0.1, 0.15) is 4.21 Å². The summed E-state index contributed by atoms with van der Waals surface area (Å²) in [7, 11) is -2.53. The third-order valence-corrected chi connectivity index (χ3v) is 5.70. The quantitative estimate of drug-likeness (QED) is 0.501. The molecule has 9 nitrogen and oxygen atoms in total. The van der Waals surface area contributed by atoms with Crippen LogP contribution in [0.2, 0.25) is 0 Å². The van der Waals surface area contributed by atoms with Crippen molar-refractivity contribution in [2.75, 3.05) is 39.1 Å². The third-order valence-electron chi connectivity index (χ3n) is 2.40. The van der Waals surface area contributed by atoms with Crippen molar-refractivity contribution >= 4 is 32.0 Å². The van der Waals surface area contributed by atoms with Gasteiger partial charge in [0.2, 0.25) is 0 Å². The van der Waals surface area contributed by atoms with Crippen LogP contribution in [0, 0.1) is 10.1 Å². The number of nitrogens with two attached hydrogens (primary N) is 1. The van der Waals surface area contributed by atoms with E-state index in [1.165, 1.54) is 7.11 Å². The predicted molar refractivity (Wildman–Crippen MR) is 73.1 cm³/mol. The van der Waals surface area contributed by atoms with Crippen LogP contribution < -0.4 is 5.73 Å². The molecule has 0 saturated heterocycles. The molecule has 0 amide bonds. The topological polar surface area (TPSA) is 136 Å². The second-order valence-electron chi connectivity index (χ2n) is 3.69. The fraction of sp³-hybridized carbons (Fsp3) is 0.556. The molecule has 1 aromatic heterocycles. The summed E-state index contributed by atoms with van der Waals surface area (Å²) in [6, 6.07) is 0.923. The van der Waals surface area contributed by atoms with E-state index in [4.69, 9.17) is 15.6 Å². The Kier molecular flexibility index (Phi) is 5.83. The van der Waals surface area contributed by atoms with Crippen LogP contribution >= 0.6 is 11.3 Å². The molecule has 0 atom stereocenters. The minimum atomic E-state index is -3.94. The normalized spacial score (nSPS) is 11.9. The highest BCUT2D eigenvalue weighted by Crippen LogP contribution is 2.35. The van der Waals surface area contributed by atoms with Crippen LogP contribution in [0.1, 0.15) is 0 Å². The van der Waals surface area contributed by atoms with Gasteiger partial charge in [-0.1, -0.05) is 11.3 Å². The Morgan fingerprint density at radius 3 is 2.65 bits per heavy atom. The Balaban J connectivity index is 3.12. The molecule has 0 aliphatic heterocycles. The zero-order chi connectivity index (χ0) is 15.3. The zero-order valence-electron chi connectivity index (χ0n) is 10.7. The van der Waals surface area contributed by atoms with E-state index in [0.29, 0.717) is 11.3 Å². The van der Waals surface area contributed by atoms with Crippen molar-refractivity contribution in [3.63, 3.8) is 0 Å². The number of nitrogen functional groups attached to an aromatic ring is 1. The molecule has 0 bridgehead atoms. The second kappa shape index (κ2) is 6.95. The molecule has 0 saturated carbocycles. The van der Waals surface area contributed by atoms with E-state index in [-0.39, 0.29) is 35.5 Å². The van der Waals surface area contributed by atoms with Crippen molar-refractivity contribution in [1.82, 2.24) is 4.31 Å². The van der Waals surface area contributed by atoms with Gasteiger partial charge in [0.25, 0.3) is 10.0 Å². The predicted octanol–water partition coefficient (Wildman–Crippen LogP) is -0.132. The van der Waals surface area contributed by atoms with Gasteiger partial charge >= 0.3 is 5.69 Å². The maximum Gasteiger partial charge on any atom is 0.304 e. The summed E-state index contributed by atoms with van der Waals surface area (Å²) in [5, 5.41) is 19.4. The molecule has 114 valence electrons. The van der Waals surface area contributed by atoms with Crippen molar-refractivity contribution in [2.45, 2.75) is 4.21 Å². The molecule has 1 aromatic rings. The fourth-order valence-corrected chi connectivity index (χ4v) is 4.21. The van der Waals surface area contributed by atoms with Crippen LogP contribution in [0.25, 0.3) is 0 Å². The molecule has 0 aliphatic rings. The molecular formula is C9H15N3O6S2. The molecular weight excluding hydrogens is 310 g/mol. The zero-order valence-corrected chi connectivity index (χ0v) is 12.3. The van der Waals surface area contributed by atoms with Gasteiger partial charge in [-0.15, -0.1) is 0 Å². The summed E-state index contributed by atoms with van der Waals surface area (Å²) in [6.07, 6.45) is 0. The van der Waals surface area contributed by atoms with Crippen molar-refractivity contribution in [2.24, 2.45) is 0 Å². The van der Waals surface area contributed by atoms with Crippen molar-refractivity contribution in [3.05, 3.63) is 16.2 Å². The van der Waals surface area contributed by atoms with Gasteiger partial charge in [-0.2, -0.15) is 4.31 Å². The van der Waals surface area contributed by atoms with Crippen LogP contribution in [-0.2, 0) is 14.8 Å². The molecule has 0 radical (unpaired) electrons. The van der Waals surface area contributed by atoms with Gasteiger partial charge in [-0.25, -0.2) is 8.42 Å². The fourth-order valence-electron chi connectivity index (χ4n) is 1.43. The summed E-state index contributed by atoms with van der Waals surface area (Å²) in [5.74, 6) is 0. The lowest BCUT2D eigenvalue weighted by Gasteiger charge is -2.19. The van der Waals surface area contributed by atoms with E-state index in [9.17, 15) is 18.5 Å². The van der Waals surface area contributed by atoms with E-state index >= 15 is 0 Å². The minimum Gasteiger partial charge on any atom is -0.395 e. The molecule has 0 spiro atoms. The average Bonchev–Trinajstić information content (AvgIpc) is 2.77. The average molecular weight is 325 g/mol. The maximum atomic E-state index is 12.3. The van der Waals surface area contributed by atoms with Crippen LogP contribution in [0.15, 0.2) is 10.3 Å². The summed E-state index contributed by atoms with van der Waals surface area (Å²) < 4.78 is 30.2. The number of methoxy groups -OCH3 is 1. The van der Waals surface area contributed by atoms with Crippen molar-refractivity contribution in [3.8, 4) is 0 Å². The Morgan fingerprint density at radius 1 is 1.55 bits per heavy atom. The number of sulfonamides is 1. The van der Waals surface area contributed by atoms with E-state index in [0.717, 1.165) is 10.4 Å². The van der Waals surface area contributed by atoms with Crippen molar-refractivity contribution < 1.29 is 23.2 Å². The first kappa shape index (κ1) is 16.8. The number of nitro groups is 1. The molecule has 20 heavy (non-hydrogen) atoms. The standard InChI is InChI=1S/C9H15N3O6S2/c1-18-5-3-11(2-4-13)20(16,17)8-6-7(12(14)15)9(10)19-8/h6,13H,2-5,10H2,1H3. The lowest BCUT2D eigenvalue weighted by atomic mass is 10.5. The van der Waals surface area contributed by atoms with E-state index in [2.05, 4.69) is 0 Å². The number of aliphatic hydroxyl groups excluding tert-OH is 1. The lowest BCUT2D eigenvalue weighted by molar-refractivity contribution is -0.383. The number of hydrogen-bond donors (Lipinski definition) is 2. The Morgan fingerprint density at radius 2 is 2.20 bits per heavy atom. The largest absolute Gasteiger partial charge is 0.395 e. The lowest BCUT2D eigenvalue weighted by Crippen LogP contribution is -2.35. The molecule has 0 unspecified atom stereocenters. The van der Waals surface area contributed by atoms with Gasteiger partial charge in [0.05, 0.1) is 18.1 Å². The van der Waals surface area contributed by atoms with Gasteiger partial charge in [-0.3, -0.25) is 10.1 Å². The summed E-state index contributed by atoms with van der Waals surface area (Å²) in [4.78, 5) is 9.95. The molecule has 11 heteroatoms. The summed E-state index contributed by atoms with van der Waals surface area (Å²) >= 11 is 0.621. The number of rotatable bonds is 8. The van der Waals surface area contributed by atoms with Gasteiger partial charge in [0.15, 0.2) is 5.00 Å². The van der Waals surface area contributed by atoms with Crippen LogP contribution in [0.4, 0.5) is 10.7 Å². The first-order valence-corrected chi connectivity index (χ1v) is 7.74.